The fourth-order valence-corrected chi connectivity index (χ4v) is 3.19. The Bertz CT molecular complexity index is 350. The molecule has 0 heterocycles. The van der Waals surface area contributed by atoms with Crippen LogP contribution in [0.25, 0.3) is 0 Å². The summed E-state index contributed by atoms with van der Waals surface area (Å²) in [6.45, 7) is 0.731. The Labute approximate surface area is 107 Å². The highest BCUT2D eigenvalue weighted by Gasteiger charge is 2.33. The molecule has 0 unspecified atom stereocenters. The standard InChI is InChI=1S/C13H17Cl2N/c14-11-4-3-5-12(15)10(11)8-13(9-16)6-1-2-7-13/h3-5H,1-2,6-9,16H2. The Balaban J connectivity index is 2.25. The quantitative estimate of drug-likeness (QED) is 0.869. The first-order chi connectivity index (χ1) is 7.67. The molecule has 0 saturated heterocycles. The van der Waals surface area contributed by atoms with Crippen LogP contribution in [0.1, 0.15) is 31.2 Å². The third-order valence-electron chi connectivity index (χ3n) is 3.71. The second-order valence-electron chi connectivity index (χ2n) is 4.79. The Morgan fingerprint density at radius 3 is 2.19 bits per heavy atom. The molecule has 0 amide bonds. The Morgan fingerprint density at radius 1 is 1.12 bits per heavy atom. The highest BCUT2D eigenvalue weighted by molar-refractivity contribution is 6.36. The molecule has 0 atom stereocenters. The molecule has 0 aliphatic heterocycles. The van der Waals surface area contributed by atoms with Crippen molar-refractivity contribution >= 4 is 23.2 Å². The maximum atomic E-state index is 6.20. The van der Waals surface area contributed by atoms with E-state index in [1.54, 1.807) is 0 Å². The summed E-state index contributed by atoms with van der Waals surface area (Å²) in [7, 11) is 0. The molecular formula is C13H17Cl2N. The van der Waals surface area contributed by atoms with Crippen molar-refractivity contribution < 1.29 is 0 Å². The first-order valence-electron chi connectivity index (χ1n) is 5.80. The second kappa shape index (κ2) is 4.95. The van der Waals surface area contributed by atoms with Gasteiger partial charge in [-0.25, -0.2) is 0 Å². The lowest BCUT2D eigenvalue weighted by atomic mass is 9.80. The maximum absolute atomic E-state index is 6.20. The summed E-state index contributed by atoms with van der Waals surface area (Å²) in [6.07, 6.45) is 5.87. The van der Waals surface area contributed by atoms with E-state index < -0.39 is 0 Å². The van der Waals surface area contributed by atoms with Crippen LogP contribution in [0.5, 0.6) is 0 Å². The molecule has 0 radical (unpaired) electrons. The van der Waals surface area contributed by atoms with Crippen molar-refractivity contribution in [2.45, 2.75) is 32.1 Å². The van der Waals surface area contributed by atoms with E-state index in [1.165, 1.54) is 25.7 Å². The molecule has 0 spiro atoms. The van der Waals surface area contributed by atoms with Crippen LogP contribution in [-0.4, -0.2) is 6.54 Å². The highest BCUT2D eigenvalue weighted by Crippen LogP contribution is 2.42. The van der Waals surface area contributed by atoms with Crippen LogP contribution in [0.2, 0.25) is 10.0 Å². The predicted octanol–water partition coefficient (Wildman–Crippen LogP) is 4.06. The molecule has 0 bridgehead atoms. The lowest BCUT2D eigenvalue weighted by Gasteiger charge is -2.28. The molecule has 1 saturated carbocycles. The van der Waals surface area contributed by atoms with E-state index in [1.807, 2.05) is 18.2 Å². The minimum atomic E-state index is 0.231. The molecule has 1 aliphatic rings. The summed E-state index contributed by atoms with van der Waals surface area (Å²) in [5.74, 6) is 0. The molecule has 1 nitrogen and oxygen atoms in total. The van der Waals surface area contributed by atoms with Crippen molar-refractivity contribution in [3.8, 4) is 0 Å². The van der Waals surface area contributed by atoms with Crippen LogP contribution in [0.3, 0.4) is 0 Å². The van der Waals surface area contributed by atoms with E-state index in [9.17, 15) is 0 Å². The molecule has 88 valence electrons. The van der Waals surface area contributed by atoms with Gasteiger partial charge in [0.1, 0.15) is 0 Å². The number of benzene rings is 1. The molecule has 1 fully saturated rings. The normalized spacial score (nSPS) is 18.9. The van der Waals surface area contributed by atoms with Crippen molar-refractivity contribution in [2.24, 2.45) is 11.1 Å². The number of hydrogen-bond donors (Lipinski definition) is 1. The van der Waals surface area contributed by atoms with E-state index in [0.29, 0.717) is 0 Å². The van der Waals surface area contributed by atoms with Gasteiger partial charge in [0.05, 0.1) is 0 Å². The molecule has 1 aromatic carbocycles. The largest absolute Gasteiger partial charge is 0.330 e. The van der Waals surface area contributed by atoms with E-state index in [0.717, 1.165) is 28.6 Å². The lowest BCUT2D eigenvalue weighted by Crippen LogP contribution is -2.29. The summed E-state index contributed by atoms with van der Waals surface area (Å²) in [5, 5.41) is 1.54. The first-order valence-corrected chi connectivity index (χ1v) is 6.55. The van der Waals surface area contributed by atoms with Gasteiger partial charge in [-0.15, -0.1) is 0 Å². The average molecular weight is 258 g/mol. The van der Waals surface area contributed by atoms with E-state index in [2.05, 4.69) is 0 Å². The van der Waals surface area contributed by atoms with Crippen LogP contribution in [0.15, 0.2) is 18.2 Å². The minimum absolute atomic E-state index is 0.231. The average Bonchev–Trinajstić information content (AvgIpc) is 2.73. The summed E-state index contributed by atoms with van der Waals surface area (Å²) < 4.78 is 0. The van der Waals surface area contributed by atoms with Crippen LogP contribution in [-0.2, 0) is 6.42 Å². The zero-order valence-corrected chi connectivity index (χ0v) is 10.8. The topological polar surface area (TPSA) is 26.0 Å². The van der Waals surface area contributed by atoms with Crippen molar-refractivity contribution in [2.75, 3.05) is 6.54 Å². The Kier molecular flexibility index (Phi) is 3.78. The highest BCUT2D eigenvalue weighted by atomic mass is 35.5. The van der Waals surface area contributed by atoms with Gasteiger partial charge in [-0.3, -0.25) is 0 Å². The molecule has 16 heavy (non-hydrogen) atoms. The van der Waals surface area contributed by atoms with Gasteiger partial charge in [-0.05, 0) is 48.9 Å². The van der Waals surface area contributed by atoms with E-state index >= 15 is 0 Å². The zero-order chi connectivity index (χ0) is 11.6. The van der Waals surface area contributed by atoms with Crippen LogP contribution in [0.4, 0.5) is 0 Å². The molecular weight excluding hydrogens is 241 g/mol. The summed E-state index contributed by atoms with van der Waals surface area (Å²) in [5.41, 5.74) is 7.23. The molecule has 0 aromatic heterocycles. The summed E-state index contributed by atoms with van der Waals surface area (Å²) >= 11 is 12.4. The van der Waals surface area contributed by atoms with E-state index in [-0.39, 0.29) is 5.41 Å². The molecule has 1 aliphatic carbocycles. The third-order valence-corrected chi connectivity index (χ3v) is 4.42. The second-order valence-corrected chi connectivity index (χ2v) is 5.60. The van der Waals surface area contributed by atoms with Crippen molar-refractivity contribution in [1.82, 2.24) is 0 Å². The van der Waals surface area contributed by atoms with Crippen LogP contribution in [0, 0.1) is 5.41 Å². The summed E-state index contributed by atoms with van der Waals surface area (Å²) in [4.78, 5) is 0. The number of halogens is 2. The van der Waals surface area contributed by atoms with Gasteiger partial charge in [0.25, 0.3) is 0 Å². The third kappa shape index (κ3) is 2.37. The van der Waals surface area contributed by atoms with Gasteiger partial charge in [-0.1, -0.05) is 42.1 Å². The number of rotatable bonds is 3. The molecule has 1 aromatic rings. The monoisotopic (exact) mass is 257 g/mol. The van der Waals surface area contributed by atoms with E-state index in [4.69, 9.17) is 28.9 Å². The molecule has 2 N–H and O–H groups in total. The van der Waals surface area contributed by atoms with Crippen LogP contribution >= 0.6 is 23.2 Å². The van der Waals surface area contributed by atoms with Crippen molar-refractivity contribution in [1.29, 1.82) is 0 Å². The SMILES string of the molecule is NCC1(Cc2c(Cl)cccc2Cl)CCCC1. The van der Waals surface area contributed by atoms with Gasteiger partial charge in [0.15, 0.2) is 0 Å². The molecule has 2 rings (SSSR count). The van der Waals surface area contributed by atoms with Gasteiger partial charge in [0.2, 0.25) is 0 Å². The fourth-order valence-electron chi connectivity index (χ4n) is 2.65. The van der Waals surface area contributed by atoms with Crippen molar-refractivity contribution in [3.05, 3.63) is 33.8 Å². The maximum Gasteiger partial charge on any atom is 0.0453 e. The lowest BCUT2D eigenvalue weighted by molar-refractivity contribution is 0.307. The minimum Gasteiger partial charge on any atom is -0.330 e. The van der Waals surface area contributed by atoms with Gasteiger partial charge >= 0.3 is 0 Å². The summed E-state index contributed by atoms with van der Waals surface area (Å²) in [6, 6.07) is 5.70. The van der Waals surface area contributed by atoms with Crippen molar-refractivity contribution in [3.63, 3.8) is 0 Å². The smallest absolute Gasteiger partial charge is 0.0453 e. The van der Waals surface area contributed by atoms with Gasteiger partial charge in [0, 0.05) is 10.0 Å². The van der Waals surface area contributed by atoms with Gasteiger partial charge in [-0.2, -0.15) is 0 Å². The zero-order valence-electron chi connectivity index (χ0n) is 9.31. The number of hydrogen-bond acceptors (Lipinski definition) is 1. The van der Waals surface area contributed by atoms with Gasteiger partial charge < -0.3 is 5.73 Å². The Hall–Kier alpha value is -0.240. The first kappa shape index (κ1) is 12.2. The Morgan fingerprint density at radius 2 is 1.69 bits per heavy atom. The molecule has 3 heteroatoms. The fraction of sp³-hybridized carbons (Fsp3) is 0.538. The predicted molar refractivity (Wildman–Crippen MR) is 70.1 cm³/mol. The van der Waals surface area contributed by atoms with Crippen LogP contribution < -0.4 is 5.73 Å². The number of nitrogens with two attached hydrogens (primary N) is 1.